The van der Waals surface area contributed by atoms with E-state index in [0.29, 0.717) is 18.0 Å². The fraction of sp³-hybridized carbons (Fsp3) is 0.857. The summed E-state index contributed by atoms with van der Waals surface area (Å²) in [5.41, 5.74) is 0. The maximum atomic E-state index is 11.3. The van der Waals surface area contributed by atoms with Gasteiger partial charge in [0, 0.05) is 25.9 Å². The third-order valence-corrected chi connectivity index (χ3v) is 4.45. The molecular formula is C14H24N2O2. The average Bonchev–Trinajstić information content (AvgIpc) is 2.28. The summed E-state index contributed by atoms with van der Waals surface area (Å²) < 4.78 is 0. The van der Waals surface area contributed by atoms with Crippen molar-refractivity contribution in [3.8, 4) is 0 Å². The summed E-state index contributed by atoms with van der Waals surface area (Å²) in [5, 5.41) is 6.14. The van der Waals surface area contributed by atoms with E-state index in [1.807, 2.05) is 0 Å². The average molecular weight is 252 g/mol. The molecule has 102 valence electrons. The zero-order valence-corrected chi connectivity index (χ0v) is 11.4. The van der Waals surface area contributed by atoms with Gasteiger partial charge in [-0.2, -0.15) is 0 Å². The summed E-state index contributed by atoms with van der Waals surface area (Å²) in [7, 11) is 0. The number of hydrogen-bond donors (Lipinski definition) is 2. The van der Waals surface area contributed by atoms with E-state index in [-0.39, 0.29) is 11.8 Å². The van der Waals surface area contributed by atoms with Crippen molar-refractivity contribution in [2.24, 2.45) is 11.8 Å². The van der Waals surface area contributed by atoms with E-state index in [0.717, 1.165) is 25.2 Å². The van der Waals surface area contributed by atoms with Crippen LogP contribution in [0.2, 0.25) is 0 Å². The molecule has 2 aliphatic rings. The van der Waals surface area contributed by atoms with E-state index in [4.69, 9.17) is 0 Å². The zero-order chi connectivity index (χ0) is 13.1. The molecule has 0 spiro atoms. The van der Waals surface area contributed by atoms with Crippen molar-refractivity contribution in [1.29, 1.82) is 0 Å². The number of fused-ring (bicyclic) bond motifs is 1. The van der Waals surface area contributed by atoms with Crippen LogP contribution >= 0.6 is 0 Å². The second-order valence-electron chi connectivity index (χ2n) is 5.87. The Kier molecular flexibility index (Phi) is 4.25. The second kappa shape index (κ2) is 5.72. The normalized spacial score (nSPS) is 35.4. The topological polar surface area (TPSA) is 58.2 Å². The van der Waals surface area contributed by atoms with Gasteiger partial charge >= 0.3 is 0 Å². The molecule has 0 aromatic rings. The number of carbonyl (C=O) groups excluding carboxylic acids is 2. The first-order chi connectivity index (χ1) is 8.56. The number of carbonyl (C=O) groups is 2. The van der Waals surface area contributed by atoms with Crippen LogP contribution in [0.15, 0.2) is 0 Å². The highest BCUT2D eigenvalue weighted by Crippen LogP contribution is 2.40. The van der Waals surface area contributed by atoms with Gasteiger partial charge < -0.3 is 10.6 Å². The molecule has 4 unspecified atom stereocenters. The molecule has 0 radical (unpaired) electrons. The minimum absolute atomic E-state index is 0.0605. The first-order valence-corrected chi connectivity index (χ1v) is 7.10. The third-order valence-electron chi connectivity index (χ3n) is 4.45. The van der Waals surface area contributed by atoms with Gasteiger partial charge in [-0.1, -0.05) is 12.8 Å². The fourth-order valence-corrected chi connectivity index (χ4v) is 3.79. The zero-order valence-electron chi connectivity index (χ0n) is 11.4. The molecule has 2 N–H and O–H groups in total. The van der Waals surface area contributed by atoms with Gasteiger partial charge in [-0.15, -0.1) is 0 Å². The summed E-state index contributed by atoms with van der Waals surface area (Å²) in [6, 6.07) is 0.621. The van der Waals surface area contributed by atoms with E-state index in [2.05, 4.69) is 10.6 Å². The Bertz CT molecular complexity index is 330. The van der Waals surface area contributed by atoms with Gasteiger partial charge in [0.05, 0.1) is 0 Å². The van der Waals surface area contributed by atoms with Crippen LogP contribution in [0.5, 0.6) is 0 Å². The first kappa shape index (κ1) is 13.4. The number of rotatable bonds is 2. The van der Waals surface area contributed by atoms with Crippen molar-refractivity contribution in [2.75, 3.05) is 0 Å². The third kappa shape index (κ3) is 3.24. The van der Waals surface area contributed by atoms with Crippen LogP contribution in [0.1, 0.15) is 52.4 Å². The predicted molar refractivity (Wildman–Crippen MR) is 69.9 cm³/mol. The van der Waals surface area contributed by atoms with Crippen molar-refractivity contribution in [3.05, 3.63) is 0 Å². The van der Waals surface area contributed by atoms with Gasteiger partial charge in [0.15, 0.2) is 0 Å². The van der Waals surface area contributed by atoms with E-state index in [1.54, 1.807) is 13.8 Å². The maximum absolute atomic E-state index is 11.3. The summed E-state index contributed by atoms with van der Waals surface area (Å²) >= 11 is 0. The molecule has 0 saturated heterocycles. The van der Waals surface area contributed by atoms with E-state index in [9.17, 15) is 9.59 Å². The van der Waals surface area contributed by atoms with E-state index < -0.39 is 0 Å². The molecule has 0 aliphatic heterocycles. The molecule has 0 bridgehead atoms. The SMILES string of the molecule is CC(=O)NC1CCC2CCCC(NC(C)=O)C2C1. The van der Waals surface area contributed by atoms with Crippen molar-refractivity contribution < 1.29 is 9.59 Å². The van der Waals surface area contributed by atoms with Crippen LogP contribution in [0, 0.1) is 11.8 Å². The molecule has 0 heterocycles. The van der Waals surface area contributed by atoms with Gasteiger partial charge in [-0.25, -0.2) is 0 Å². The Labute approximate surface area is 109 Å². The Morgan fingerprint density at radius 1 is 0.944 bits per heavy atom. The smallest absolute Gasteiger partial charge is 0.217 e. The quantitative estimate of drug-likeness (QED) is 0.784. The van der Waals surface area contributed by atoms with Crippen molar-refractivity contribution >= 4 is 11.8 Å². The molecule has 4 nitrogen and oxygen atoms in total. The highest BCUT2D eigenvalue weighted by atomic mass is 16.2. The summed E-state index contributed by atoms with van der Waals surface area (Å²) in [6.07, 6.45) is 6.90. The lowest BCUT2D eigenvalue weighted by Crippen LogP contribution is -2.50. The second-order valence-corrected chi connectivity index (χ2v) is 5.87. The van der Waals surface area contributed by atoms with Crippen LogP contribution in [0.25, 0.3) is 0 Å². The van der Waals surface area contributed by atoms with Gasteiger partial charge in [0.2, 0.25) is 11.8 Å². The molecule has 4 atom stereocenters. The summed E-state index contributed by atoms with van der Waals surface area (Å²) in [6.45, 7) is 3.18. The van der Waals surface area contributed by atoms with Gasteiger partial charge in [0.1, 0.15) is 0 Å². The Hall–Kier alpha value is -1.06. The molecule has 0 aromatic carbocycles. The molecule has 2 aliphatic carbocycles. The highest BCUT2D eigenvalue weighted by molar-refractivity contribution is 5.73. The van der Waals surface area contributed by atoms with Crippen LogP contribution in [-0.4, -0.2) is 23.9 Å². The monoisotopic (exact) mass is 252 g/mol. The van der Waals surface area contributed by atoms with E-state index >= 15 is 0 Å². The van der Waals surface area contributed by atoms with Gasteiger partial charge in [0.25, 0.3) is 0 Å². The highest BCUT2D eigenvalue weighted by Gasteiger charge is 2.38. The molecule has 0 aromatic heterocycles. The minimum Gasteiger partial charge on any atom is -0.354 e. The number of nitrogens with one attached hydrogen (secondary N) is 2. The van der Waals surface area contributed by atoms with Gasteiger partial charge in [-0.05, 0) is 37.5 Å². The molecule has 4 heteroatoms. The van der Waals surface area contributed by atoms with Crippen molar-refractivity contribution in [3.63, 3.8) is 0 Å². The standard InChI is InChI=1S/C14H24N2O2/c1-9(17)15-12-7-6-11-4-3-5-14(13(11)8-12)16-10(2)18/h11-14H,3-8H2,1-2H3,(H,15,17)(H,16,18). The van der Waals surface area contributed by atoms with Crippen molar-refractivity contribution in [1.82, 2.24) is 10.6 Å². The molecule has 2 fully saturated rings. The maximum Gasteiger partial charge on any atom is 0.217 e. The molecule has 2 amide bonds. The van der Waals surface area contributed by atoms with Crippen LogP contribution < -0.4 is 10.6 Å². The first-order valence-electron chi connectivity index (χ1n) is 7.10. The van der Waals surface area contributed by atoms with Crippen LogP contribution in [0.3, 0.4) is 0 Å². The summed E-state index contributed by atoms with van der Waals surface area (Å²) in [4.78, 5) is 22.4. The number of hydrogen-bond acceptors (Lipinski definition) is 2. The molecular weight excluding hydrogens is 228 g/mol. The molecule has 18 heavy (non-hydrogen) atoms. The fourth-order valence-electron chi connectivity index (χ4n) is 3.79. The van der Waals surface area contributed by atoms with Crippen molar-refractivity contribution in [2.45, 2.75) is 64.5 Å². The Morgan fingerprint density at radius 2 is 1.67 bits per heavy atom. The summed E-state index contributed by atoms with van der Waals surface area (Å²) in [5.74, 6) is 1.42. The number of amides is 2. The lowest BCUT2D eigenvalue weighted by molar-refractivity contribution is -0.122. The molecule has 2 saturated carbocycles. The Morgan fingerprint density at radius 3 is 2.33 bits per heavy atom. The minimum atomic E-state index is 0.0605. The van der Waals surface area contributed by atoms with Crippen LogP contribution in [-0.2, 0) is 9.59 Å². The van der Waals surface area contributed by atoms with Gasteiger partial charge in [-0.3, -0.25) is 9.59 Å². The lowest BCUT2D eigenvalue weighted by atomic mass is 9.67. The Balaban J connectivity index is 1.98. The lowest BCUT2D eigenvalue weighted by Gasteiger charge is -2.44. The predicted octanol–water partition coefficient (Wildman–Crippen LogP) is 1.60. The molecule has 2 rings (SSSR count). The largest absolute Gasteiger partial charge is 0.354 e. The van der Waals surface area contributed by atoms with Crippen LogP contribution in [0.4, 0.5) is 0 Å². The van der Waals surface area contributed by atoms with E-state index in [1.165, 1.54) is 19.3 Å².